The van der Waals surface area contributed by atoms with E-state index >= 15 is 0 Å². The van der Waals surface area contributed by atoms with E-state index in [-0.39, 0.29) is 0 Å². The van der Waals surface area contributed by atoms with Gasteiger partial charge in [-0.1, -0.05) is 49.4 Å². The summed E-state index contributed by atoms with van der Waals surface area (Å²) in [6.45, 7) is 5.44. The van der Waals surface area contributed by atoms with Crippen molar-refractivity contribution in [2.24, 2.45) is 0 Å². The van der Waals surface area contributed by atoms with Gasteiger partial charge in [0.15, 0.2) is 0 Å². The van der Waals surface area contributed by atoms with Crippen LogP contribution in [0.1, 0.15) is 54.1 Å². The molecule has 1 N–H and O–H groups in total. The van der Waals surface area contributed by atoms with Crippen LogP contribution in [0.25, 0.3) is 0 Å². The first kappa shape index (κ1) is 14.3. The Balaban J connectivity index is 1.67. The van der Waals surface area contributed by atoms with Gasteiger partial charge in [-0.15, -0.1) is 0 Å². The van der Waals surface area contributed by atoms with Crippen LogP contribution in [-0.4, -0.2) is 0 Å². The first-order chi connectivity index (χ1) is 10.3. The Labute approximate surface area is 128 Å². The minimum absolute atomic E-state index is 0.404. The maximum atomic E-state index is 3.68. The van der Waals surface area contributed by atoms with Crippen molar-refractivity contribution >= 4 is 0 Å². The zero-order valence-corrected chi connectivity index (χ0v) is 13.2. The number of hydrogen-bond acceptors (Lipinski definition) is 1. The highest BCUT2D eigenvalue weighted by molar-refractivity contribution is 5.36. The van der Waals surface area contributed by atoms with Crippen LogP contribution in [-0.2, 0) is 25.8 Å². The first-order valence-electron chi connectivity index (χ1n) is 8.19. The van der Waals surface area contributed by atoms with Crippen LogP contribution in [0.5, 0.6) is 0 Å². The van der Waals surface area contributed by atoms with Crippen LogP contribution in [0.15, 0.2) is 42.5 Å². The summed E-state index contributed by atoms with van der Waals surface area (Å²) >= 11 is 0. The molecule has 0 radical (unpaired) electrons. The highest BCUT2D eigenvalue weighted by Crippen LogP contribution is 2.25. The second-order valence-electron chi connectivity index (χ2n) is 6.11. The van der Waals surface area contributed by atoms with E-state index in [4.69, 9.17) is 0 Å². The Morgan fingerprint density at radius 3 is 2.57 bits per heavy atom. The largest absolute Gasteiger partial charge is 0.306 e. The highest BCUT2D eigenvalue weighted by Gasteiger charge is 2.13. The van der Waals surface area contributed by atoms with Crippen LogP contribution in [0.4, 0.5) is 0 Å². The van der Waals surface area contributed by atoms with Crippen molar-refractivity contribution in [2.45, 2.75) is 52.1 Å². The van der Waals surface area contributed by atoms with E-state index in [1.54, 1.807) is 11.1 Å². The van der Waals surface area contributed by atoms with Gasteiger partial charge in [0.05, 0.1) is 0 Å². The third-order valence-corrected chi connectivity index (χ3v) is 4.72. The van der Waals surface area contributed by atoms with Crippen molar-refractivity contribution in [3.05, 3.63) is 70.3 Å². The van der Waals surface area contributed by atoms with Gasteiger partial charge in [-0.3, -0.25) is 0 Å². The van der Waals surface area contributed by atoms with Gasteiger partial charge in [-0.2, -0.15) is 0 Å². The molecule has 3 rings (SSSR count). The lowest BCUT2D eigenvalue weighted by Crippen LogP contribution is -2.19. The highest BCUT2D eigenvalue weighted by atomic mass is 14.9. The van der Waals surface area contributed by atoms with Crippen LogP contribution in [0.3, 0.4) is 0 Å². The normalized spacial score (nSPS) is 15.0. The Hall–Kier alpha value is -1.60. The predicted octanol–water partition coefficient (Wildman–Crippen LogP) is 4.59. The smallest absolute Gasteiger partial charge is 0.0295 e. The molecule has 0 heterocycles. The fraction of sp³-hybridized carbons (Fsp3) is 0.400. The van der Waals surface area contributed by atoms with E-state index in [9.17, 15) is 0 Å². The molecule has 0 saturated carbocycles. The zero-order chi connectivity index (χ0) is 14.7. The van der Waals surface area contributed by atoms with E-state index in [1.807, 2.05) is 0 Å². The van der Waals surface area contributed by atoms with Crippen LogP contribution >= 0.6 is 0 Å². The standard InChI is InChI=1S/C20H25N/c1-3-16-7-4-5-8-20(16)14-21-15(2)18-12-11-17-9-6-10-19(17)13-18/h4-5,7-8,11-13,15,21H,3,6,9-10,14H2,1-2H3. The van der Waals surface area contributed by atoms with Gasteiger partial charge in [0.25, 0.3) is 0 Å². The monoisotopic (exact) mass is 279 g/mol. The van der Waals surface area contributed by atoms with Gasteiger partial charge in [-0.05, 0) is 60.4 Å². The average Bonchev–Trinajstić information content (AvgIpc) is 3.00. The van der Waals surface area contributed by atoms with Gasteiger partial charge in [0.1, 0.15) is 0 Å². The maximum absolute atomic E-state index is 3.68. The molecule has 0 amide bonds. The van der Waals surface area contributed by atoms with Crippen molar-refractivity contribution in [3.8, 4) is 0 Å². The predicted molar refractivity (Wildman–Crippen MR) is 89.5 cm³/mol. The summed E-state index contributed by atoms with van der Waals surface area (Å²) in [7, 11) is 0. The molecule has 0 aliphatic heterocycles. The molecular formula is C20H25N. The lowest BCUT2D eigenvalue weighted by Gasteiger charge is -2.17. The Morgan fingerprint density at radius 1 is 1.00 bits per heavy atom. The molecule has 1 nitrogen and oxygen atoms in total. The number of fused-ring (bicyclic) bond motifs is 1. The van der Waals surface area contributed by atoms with E-state index in [1.165, 1.54) is 36.0 Å². The Morgan fingerprint density at radius 2 is 1.76 bits per heavy atom. The summed E-state index contributed by atoms with van der Waals surface area (Å²) < 4.78 is 0. The molecule has 21 heavy (non-hydrogen) atoms. The molecule has 0 fully saturated rings. The van der Waals surface area contributed by atoms with E-state index in [0.717, 1.165) is 13.0 Å². The molecule has 0 spiro atoms. The lowest BCUT2D eigenvalue weighted by molar-refractivity contribution is 0.572. The summed E-state index contributed by atoms with van der Waals surface area (Å²) in [5.41, 5.74) is 7.42. The molecule has 0 saturated heterocycles. The Bertz CT molecular complexity index is 615. The second-order valence-corrected chi connectivity index (χ2v) is 6.11. The fourth-order valence-electron chi connectivity index (χ4n) is 3.32. The number of nitrogens with one attached hydrogen (secondary N) is 1. The summed E-state index contributed by atoms with van der Waals surface area (Å²) in [6, 6.07) is 16.2. The van der Waals surface area contributed by atoms with Crippen LogP contribution in [0.2, 0.25) is 0 Å². The second kappa shape index (κ2) is 6.44. The van der Waals surface area contributed by atoms with Crippen molar-refractivity contribution in [2.75, 3.05) is 0 Å². The Kier molecular flexibility index (Phi) is 4.40. The molecular weight excluding hydrogens is 254 g/mol. The molecule has 110 valence electrons. The first-order valence-corrected chi connectivity index (χ1v) is 8.19. The zero-order valence-electron chi connectivity index (χ0n) is 13.2. The van der Waals surface area contributed by atoms with Gasteiger partial charge in [0.2, 0.25) is 0 Å². The molecule has 1 heteroatoms. The van der Waals surface area contributed by atoms with Crippen LogP contribution in [0, 0.1) is 0 Å². The number of rotatable bonds is 5. The lowest BCUT2D eigenvalue weighted by atomic mass is 10.0. The van der Waals surface area contributed by atoms with Gasteiger partial charge in [0, 0.05) is 12.6 Å². The van der Waals surface area contributed by atoms with Gasteiger partial charge in [-0.25, -0.2) is 0 Å². The summed E-state index contributed by atoms with van der Waals surface area (Å²) in [4.78, 5) is 0. The molecule has 2 aromatic carbocycles. The SMILES string of the molecule is CCc1ccccc1CNC(C)c1ccc2c(c1)CCC2. The van der Waals surface area contributed by atoms with E-state index in [2.05, 4.69) is 61.6 Å². The minimum Gasteiger partial charge on any atom is -0.306 e. The average molecular weight is 279 g/mol. The number of hydrogen-bond donors (Lipinski definition) is 1. The number of benzene rings is 2. The van der Waals surface area contributed by atoms with E-state index < -0.39 is 0 Å². The quantitative estimate of drug-likeness (QED) is 0.844. The van der Waals surface area contributed by atoms with Crippen LogP contribution < -0.4 is 5.32 Å². The molecule has 0 bridgehead atoms. The van der Waals surface area contributed by atoms with Crippen molar-refractivity contribution in [3.63, 3.8) is 0 Å². The van der Waals surface area contributed by atoms with Crippen molar-refractivity contribution in [1.29, 1.82) is 0 Å². The third-order valence-electron chi connectivity index (χ3n) is 4.72. The van der Waals surface area contributed by atoms with Crippen molar-refractivity contribution < 1.29 is 0 Å². The topological polar surface area (TPSA) is 12.0 Å². The molecule has 1 atom stereocenters. The van der Waals surface area contributed by atoms with Gasteiger partial charge < -0.3 is 5.32 Å². The fourth-order valence-corrected chi connectivity index (χ4v) is 3.32. The van der Waals surface area contributed by atoms with Crippen molar-refractivity contribution in [1.82, 2.24) is 5.32 Å². The summed E-state index contributed by atoms with van der Waals surface area (Å²) in [6.07, 6.45) is 4.95. The molecule has 1 aliphatic rings. The minimum atomic E-state index is 0.404. The summed E-state index contributed by atoms with van der Waals surface area (Å²) in [5.74, 6) is 0. The molecule has 2 aromatic rings. The molecule has 0 aromatic heterocycles. The molecule has 1 aliphatic carbocycles. The third kappa shape index (κ3) is 3.19. The maximum Gasteiger partial charge on any atom is 0.0295 e. The van der Waals surface area contributed by atoms with E-state index in [0.29, 0.717) is 6.04 Å². The molecule has 1 unspecified atom stereocenters. The van der Waals surface area contributed by atoms with Gasteiger partial charge >= 0.3 is 0 Å². The summed E-state index contributed by atoms with van der Waals surface area (Å²) in [5, 5.41) is 3.68. The number of aryl methyl sites for hydroxylation is 3.